The fourth-order valence-electron chi connectivity index (χ4n) is 2.54. The van der Waals surface area contributed by atoms with E-state index < -0.39 is 6.61 Å². The monoisotopic (exact) mass is 453 g/mol. The summed E-state index contributed by atoms with van der Waals surface area (Å²) in [6.07, 6.45) is 0.555. The number of amides is 1. The Morgan fingerprint density at radius 3 is 2.53 bits per heavy atom. The number of carbonyl (C=O) groups excluding carboxylic acids is 1. The van der Waals surface area contributed by atoms with Crippen molar-refractivity contribution < 1.29 is 18.3 Å². The van der Waals surface area contributed by atoms with Crippen LogP contribution in [0, 0.1) is 0 Å². The number of carbonyl (C=O) groups is 1. The van der Waals surface area contributed by atoms with E-state index in [1.807, 2.05) is 0 Å². The number of rotatable bonds is 9. The van der Waals surface area contributed by atoms with Crippen molar-refractivity contribution in [3.8, 4) is 17.1 Å². The van der Waals surface area contributed by atoms with E-state index in [9.17, 15) is 13.6 Å². The molecule has 3 rings (SSSR count). The van der Waals surface area contributed by atoms with Crippen LogP contribution in [0.15, 0.2) is 53.7 Å². The molecule has 3 N–H and O–H groups in total. The Labute approximate surface area is 180 Å². The Balaban J connectivity index is 1.44. The highest BCUT2D eigenvalue weighted by Gasteiger charge is 2.13. The lowest BCUT2D eigenvalue weighted by Gasteiger charge is -2.07. The largest absolute Gasteiger partial charge is 0.435 e. The second kappa shape index (κ2) is 10.3. The van der Waals surface area contributed by atoms with Crippen LogP contribution in [0.5, 0.6) is 5.75 Å². The quantitative estimate of drug-likeness (QED) is 0.381. The van der Waals surface area contributed by atoms with Gasteiger partial charge in [0.05, 0.1) is 5.75 Å². The fourth-order valence-corrected chi connectivity index (χ4v) is 3.35. The van der Waals surface area contributed by atoms with Crippen molar-refractivity contribution >= 4 is 29.3 Å². The smallest absolute Gasteiger partial charge is 0.387 e. The van der Waals surface area contributed by atoms with Gasteiger partial charge in [0.2, 0.25) is 11.1 Å². The van der Waals surface area contributed by atoms with E-state index in [4.69, 9.17) is 17.4 Å². The summed E-state index contributed by atoms with van der Waals surface area (Å²) in [5.74, 6) is 6.52. The molecule has 1 amide bonds. The number of halogens is 3. The molecule has 1 heterocycles. The summed E-state index contributed by atoms with van der Waals surface area (Å²) in [6.45, 7) is -2.45. The van der Waals surface area contributed by atoms with Crippen LogP contribution in [0.4, 0.5) is 8.78 Å². The number of nitrogen functional groups attached to an aromatic ring is 1. The lowest BCUT2D eigenvalue weighted by molar-refractivity contribution is -0.118. The van der Waals surface area contributed by atoms with E-state index in [0.29, 0.717) is 29.0 Å². The number of thioether (sulfide) groups is 1. The molecule has 0 unspecified atom stereocenters. The number of alkyl halides is 2. The Bertz CT molecular complexity index is 984. The molecule has 0 aliphatic heterocycles. The lowest BCUT2D eigenvalue weighted by atomic mass is 10.1. The molecule has 0 saturated heterocycles. The highest BCUT2D eigenvalue weighted by Crippen LogP contribution is 2.22. The Hall–Kier alpha value is -2.85. The highest BCUT2D eigenvalue weighted by molar-refractivity contribution is 7.99. The molecule has 11 heteroatoms. The molecule has 158 valence electrons. The van der Waals surface area contributed by atoms with Gasteiger partial charge in [0.1, 0.15) is 5.75 Å². The van der Waals surface area contributed by atoms with Gasteiger partial charge in [-0.05, 0) is 48.4 Å². The molecular weight excluding hydrogens is 436 g/mol. The topological polar surface area (TPSA) is 95.1 Å². The molecule has 2 aromatic carbocycles. The van der Waals surface area contributed by atoms with Gasteiger partial charge < -0.3 is 15.9 Å². The molecule has 0 aliphatic rings. The summed E-state index contributed by atoms with van der Waals surface area (Å²) in [7, 11) is 0. The molecule has 30 heavy (non-hydrogen) atoms. The second-order valence-electron chi connectivity index (χ2n) is 6.09. The molecular formula is C19H18ClF2N5O2S. The van der Waals surface area contributed by atoms with Gasteiger partial charge in [-0.25, -0.2) is 4.68 Å². The molecule has 3 aromatic rings. The molecule has 0 atom stereocenters. The summed E-state index contributed by atoms with van der Waals surface area (Å²) in [5, 5.41) is 11.9. The predicted octanol–water partition coefficient (Wildman–Crippen LogP) is 3.36. The first-order valence-corrected chi connectivity index (χ1v) is 10.2. The van der Waals surface area contributed by atoms with Crippen LogP contribution < -0.4 is 15.9 Å². The van der Waals surface area contributed by atoms with E-state index >= 15 is 0 Å². The van der Waals surface area contributed by atoms with Crippen molar-refractivity contribution in [2.45, 2.75) is 18.2 Å². The molecule has 0 saturated carbocycles. The van der Waals surface area contributed by atoms with Gasteiger partial charge in [-0.15, -0.1) is 10.2 Å². The fraction of sp³-hybridized carbons (Fsp3) is 0.211. The third-order valence-corrected chi connectivity index (χ3v) is 5.18. The third-order valence-electron chi connectivity index (χ3n) is 3.98. The average Bonchev–Trinajstić information content (AvgIpc) is 3.08. The number of nitrogens with two attached hydrogens (primary N) is 1. The zero-order valence-corrected chi connectivity index (χ0v) is 17.2. The number of aromatic nitrogens is 3. The summed E-state index contributed by atoms with van der Waals surface area (Å²) in [5.41, 5.74) is 1.65. The van der Waals surface area contributed by atoms with Gasteiger partial charge in [0, 0.05) is 17.1 Å². The number of ether oxygens (including phenoxy) is 1. The van der Waals surface area contributed by atoms with Crippen molar-refractivity contribution in [3.05, 3.63) is 59.1 Å². The molecule has 0 bridgehead atoms. The van der Waals surface area contributed by atoms with E-state index in [2.05, 4.69) is 20.3 Å². The van der Waals surface area contributed by atoms with Crippen LogP contribution in [0.3, 0.4) is 0 Å². The van der Waals surface area contributed by atoms with Crippen molar-refractivity contribution in [2.24, 2.45) is 0 Å². The first kappa shape index (κ1) is 21.8. The van der Waals surface area contributed by atoms with Crippen molar-refractivity contribution in [3.63, 3.8) is 0 Å². The van der Waals surface area contributed by atoms with Crippen LogP contribution in [-0.2, 0) is 11.2 Å². The normalized spacial score (nSPS) is 10.9. The number of hydrogen-bond donors (Lipinski definition) is 2. The van der Waals surface area contributed by atoms with Gasteiger partial charge in [-0.1, -0.05) is 35.5 Å². The Morgan fingerprint density at radius 1 is 1.17 bits per heavy atom. The molecule has 0 aliphatic carbocycles. The third kappa shape index (κ3) is 6.07. The standard InChI is InChI=1S/C19H18ClF2N5O2S/c20-14-5-3-13(4-6-14)17-25-26-19(27(17)23)30-11-16(28)24-10-9-12-1-7-15(8-2-12)29-18(21)22/h1-8,18H,9-11,23H2,(H,24,28). The minimum Gasteiger partial charge on any atom is -0.435 e. The second-order valence-corrected chi connectivity index (χ2v) is 7.47. The van der Waals surface area contributed by atoms with E-state index in [0.717, 1.165) is 11.1 Å². The summed E-state index contributed by atoms with van der Waals surface area (Å²) in [4.78, 5) is 12.1. The predicted molar refractivity (Wildman–Crippen MR) is 111 cm³/mol. The first-order chi connectivity index (χ1) is 14.4. The lowest BCUT2D eigenvalue weighted by Crippen LogP contribution is -2.27. The van der Waals surface area contributed by atoms with Gasteiger partial charge in [-0.2, -0.15) is 8.78 Å². The summed E-state index contributed by atoms with van der Waals surface area (Å²) >= 11 is 7.05. The van der Waals surface area contributed by atoms with Crippen LogP contribution in [-0.4, -0.2) is 39.7 Å². The Kier molecular flexibility index (Phi) is 7.47. The zero-order valence-electron chi connectivity index (χ0n) is 15.6. The van der Waals surface area contributed by atoms with Gasteiger partial charge in [-0.3, -0.25) is 4.79 Å². The Morgan fingerprint density at radius 2 is 1.87 bits per heavy atom. The van der Waals surface area contributed by atoms with Crippen LogP contribution in [0.25, 0.3) is 11.4 Å². The van der Waals surface area contributed by atoms with Crippen molar-refractivity contribution in [1.82, 2.24) is 20.2 Å². The molecule has 0 spiro atoms. The summed E-state index contributed by atoms with van der Waals surface area (Å²) in [6, 6.07) is 13.3. The van der Waals surface area contributed by atoms with Gasteiger partial charge in [0.15, 0.2) is 5.82 Å². The van der Waals surface area contributed by atoms with E-state index in [1.54, 1.807) is 36.4 Å². The summed E-state index contributed by atoms with van der Waals surface area (Å²) < 4.78 is 29.9. The molecule has 1 aromatic heterocycles. The van der Waals surface area contributed by atoms with Crippen molar-refractivity contribution in [2.75, 3.05) is 18.1 Å². The number of nitrogens with one attached hydrogen (secondary N) is 1. The maximum Gasteiger partial charge on any atom is 0.387 e. The SMILES string of the molecule is Nn1c(SCC(=O)NCCc2ccc(OC(F)F)cc2)nnc1-c1ccc(Cl)cc1. The van der Waals surface area contributed by atoms with Crippen molar-refractivity contribution in [1.29, 1.82) is 0 Å². The van der Waals surface area contributed by atoms with Gasteiger partial charge in [0.25, 0.3) is 0 Å². The number of benzene rings is 2. The first-order valence-electron chi connectivity index (χ1n) is 8.82. The van der Waals surface area contributed by atoms with Crippen LogP contribution in [0.1, 0.15) is 5.56 Å². The molecule has 7 nitrogen and oxygen atoms in total. The van der Waals surface area contributed by atoms with Gasteiger partial charge >= 0.3 is 6.61 Å². The van der Waals surface area contributed by atoms with E-state index in [1.165, 1.54) is 28.6 Å². The zero-order chi connectivity index (χ0) is 21.5. The maximum absolute atomic E-state index is 12.1. The average molecular weight is 454 g/mol. The minimum atomic E-state index is -2.85. The van der Waals surface area contributed by atoms with Crippen LogP contribution in [0.2, 0.25) is 5.02 Å². The molecule has 0 fully saturated rings. The van der Waals surface area contributed by atoms with Crippen LogP contribution >= 0.6 is 23.4 Å². The van der Waals surface area contributed by atoms with E-state index in [-0.39, 0.29) is 17.4 Å². The number of nitrogens with zero attached hydrogens (tertiary/aromatic N) is 3. The highest BCUT2D eigenvalue weighted by atomic mass is 35.5. The molecule has 0 radical (unpaired) electrons. The maximum atomic E-state index is 12.1. The minimum absolute atomic E-state index is 0.0954. The number of hydrogen-bond acceptors (Lipinski definition) is 6.